The van der Waals surface area contributed by atoms with E-state index in [1.54, 1.807) is 30.6 Å². The number of anilines is 1. The smallest absolute Gasteiger partial charge is 0.254 e. The zero-order valence-corrected chi connectivity index (χ0v) is 16.7. The first-order valence-electron chi connectivity index (χ1n) is 9.32. The van der Waals surface area contributed by atoms with Gasteiger partial charge >= 0.3 is 0 Å². The fourth-order valence-corrected chi connectivity index (χ4v) is 4.81. The predicted molar refractivity (Wildman–Crippen MR) is 110 cm³/mol. The van der Waals surface area contributed by atoms with Crippen molar-refractivity contribution in [3.63, 3.8) is 0 Å². The molecule has 5 nitrogen and oxygen atoms in total. The second-order valence-electron chi connectivity index (χ2n) is 6.94. The quantitative estimate of drug-likeness (QED) is 0.808. The van der Waals surface area contributed by atoms with Crippen molar-refractivity contribution in [3.8, 4) is 5.75 Å². The monoisotopic (exact) mass is 394 g/mol. The minimum Gasteiger partial charge on any atom is -0.495 e. The van der Waals surface area contributed by atoms with Crippen LogP contribution >= 0.6 is 11.3 Å². The number of ketones is 1. The molecular weight excluding hydrogens is 372 g/mol. The number of nitrogens with one attached hydrogen (secondary N) is 2. The lowest BCUT2D eigenvalue weighted by atomic mass is 9.77. The number of carbonyl (C=O) groups is 2. The lowest BCUT2D eigenvalue weighted by molar-refractivity contribution is -0.116. The van der Waals surface area contributed by atoms with Gasteiger partial charge in [-0.25, -0.2) is 0 Å². The number of rotatable bonds is 4. The van der Waals surface area contributed by atoms with Crippen LogP contribution in [0.2, 0.25) is 0 Å². The Morgan fingerprint density at radius 3 is 2.79 bits per heavy atom. The van der Waals surface area contributed by atoms with E-state index in [0.717, 1.165) is 34.7 Å². The summed E-state index contributed by atoms with van der Waals surface area (Å²) in [7, 11) is 1.57. The Balaban J connectivity index is 1.76. The standard InChI is InChI=1S/C22H22N2O3S/c1-13-19(22(26)24-14-7-3-4-10-17(14)27-2)21(18-11-6-12-28-18)20-15(23-13)8-5-9-16(20)25/h3-4,6-7,10-12,21,23H,5,8-9H2,1-2H3,(H,24,26). The average molecular weight is 394 g/mol. The molecule has 1 aliphatic carbocycles. The molecule has 1 atom stereocenters. The first-order valence-corrected chi connectivity index (χ1v) is 10.2. The summed E-state index contributed by atoms with van der Waals surface area (Å²) in [5.74, 6) is 0.165. The third-order valence-electron chi connectivity index (χ3n) is 5.20. The van der Waals surface area contributed by atoms with Gasteiger partial charge in [-0.05, 0) is 43.3 Å². The van der Waals surface area contributed by atoms with Crippen LogP contribution < -0.4 is 15.4 Å². The topological polar surface area (TPSA) is 67.4 Å². The lowest BCUT2D eigenvalue weighted by Gasteiger charge is -2.33. The van der Waals surface area contributed by atoms with E-state index in [2.05, 4.69) is 10.6 Å². The Labute approximate surface area is 168 Å². The summed E-state index contributed by atoms with van der Waals surface area (Å²) >= 11 is 1.57. The molecule has 28 heavy (non-hydrogen) atoms. The van der Waals surface area contributed by atoms with Crippen molar-refractivity contribution >= 4 is 28.7 Å². The van der Waals surface area contributed by atoms with Crippen molar-refractivity contribution in [1.29, 1.82) is 0 Å². The number of Topliss-reactive ketones (excluding diaryl/α,β-unsaturated/α-hetero) is 1. The van der Waals surface area contributed by atoms with E-state index < -0.39 is 0 Å². The van der Waals surface area contributed by atoms with E-state index in [4.69, 9.17) is 4.74 Å². The second-order valence-corrected chi connectivity index (χ2v) is 7.91. The summed E-state index contributed by atoms with van der Waals surface area (Å²) in [5.41, 5.74) is 3.68. The van der Waals surface area contributed by atoms with Crippen LogP contribution in [0.15, 0.2) is 64.3 Å². The van der Waals surface area contributed by atoms with E-state index in [9.17, 15) is 9.59 Å². The van der Waals surface area contributed by atoms with Crippen molar-refractivity contribution in [2.45, 2.75) is 32.1 Å². The highest BCUT2D eigenvalue weighted by Crippen LogP contribution is 2.44. The minimum absolute atomic E-state index is 0.127. The molecule has 0 saturated carbocycles. The number of allylic oxidation sites excluding steroid dienone is 3. The van der Waals surface area contributed by atoms with E-state index in [1.165, 1.54) is 0 Å². The molecule has 4 rings (SSSR count). The van der Waals surface area contributed by atoms with Crippen molar-refractivity contribution < 1.29 is 14.3 Å². The molecule has 1 aliphatic heterocycles. The van der Waals surface area contributed by atoms with Gasteiger partial charge in [-0.3, -0.25) is 9.59 Å². The number of thiophene rings is 1. The number of para-hydroxylation sites is 2. The molecule has 1 unspecified atom stereocenters. The molecule has 0 bridgehead atoms. The second kappa shape index (κ2) is 7.64. The highest BCUT2D eigenvalue weighted by atomic mass is 32.1. The number of benzene rings is 1. The Bertz CT molecular complexity index is 989. The molecule has 144 valence electrons. The summed E-state index contributed by atoms with van der Waals surface area (Å²) in [5, 5.41) is 8.29. The summed E-state index contributed by atoms with van der Waals surface area (Å²) in [6, 6.07) is 11.3. The lowest BCUT2D eigenvalue weighted by Crippen LogP contribution is -2.35. The molecule has 2 N–H and O–H groups in total. The van der Waals surface area contributed by atoms with E-state index in [1.807, 2.05) is 36.6 Å². The molecule has 0 radical (unpaired) electrons. The molecule has 1 aromatic carbocycles. The van der Waals surface area contributed by atoms with Gasteiger partial charge < -0.3 is 15.4 Å². The number of ether oxygens (including phenoxy) is 1. The molecule has 2 aliphatic rings. The number of dihydropyridines is 1. The largest absolute Gasteiger partial charge is 0.495 e. The Kier molecular flexibility index (Phi) is 5.05. The number of hydrogen-bond acceptors (Lipinski definition) is 5. The Morgan fingerprint density at radius 1 is 1.21 bits per heavy atom. The summed E-state index contributed by atoms with van der Waals surface area (Å²) in [6.07, 6.45) is 2.21. The molecule has 6 heteroatoms. The molecule has 2 heterocycles. The van der Waals surface area contributed by atoms with Crippen molar-refractivity contribution in [2.24, 2.45) is 0 Å². The first-order chi connectivity index (χ1) is 13.6. The Hall–Kier alpha value is -2.86. The highest BCUT2D eigenvalue weighted by Gasteiger charge is 2.39. The number of hydrogen-bond donors (Lipinski definition) is 2. The zero-order valence-electron chi connectivity index (χ0n) is 15.9. The minimum atomic E-state index is -0.334. The Morgan fingerprint density at radius 2 is 2.04 bits per heavy atom. The van der Waals surface area contributed by atoms with E-state index >= 15 is 0 Å². The van der Waals surface area contributed by atoms with Gasteiger partial charge in [0.2, 0.25) is 0 Å². The van der Waals surface area contributed by atoms with Gasteiger partial charge in [0.25, 0.3) is 5.91 Å². The zero-order chi connectivity index (χ0) is 19.7. The number of amides is 1. The number of methoxy groups -OCH3 is 1. The SMILES string of the molecule is COc1ccccc1NC(=O)C1=C(C)NC2=C(C(=O)CCC2)C1c1cccs1. The maximum atomic E-state index is 13.3. The van der Waals surface area contributed by atoms with Crippen molar-refractivity contribution in [1.82, 2.24) is 5.32 Å². The third kappa shape index (κ3) is 3.24. The van der Waals surface area contributed by atoms with Gasteiger partial charge in [-0.2, -0.15) is 0 Å². The van der Waals surface area contributed by atoms with Crippen LogP contribution in [0.3, 0.4) is 0 Å². The number of carbonyl (C=O) groups excluding carboxylic acids is 2. The highest BCUT2D eigenvalue weighted by molar-refractivity contribution is 7.10. The molecule has 1 amide bonds. The van der Waals surface area contributed by atoms with Gasteiger partial charge in [-0.1, -0.05) is 18.2 Å². The normalized spacial score (nSPS) is 19.2. The summed E-state index contributed by atoms with van der Waals surface area (Å²) < 4.78 is 5.35. The van der Waals surface area contributed by atoms with Gasteiger partial charge in [0.15, 0.2) is 5.78 Å². The molecule has 0 fully saturated rings. The molecule has 1 aromatic heterocycles. The van der Waals surface area contributed by atoms with Crippen LogP contribution in [0.4, 0.5) is 5.69 Å². The van der Waals surface area contributed by atoms with Crippen LogP contribution in [-0.4, -0.2) is 18.8 Å². The maximum Gasteiger partial charge on any atom is 0.254 e. The van der Waals surface area contributed by atoms with E-state index in [0.29, 0.717) is 23.4 Å². The van der Waals surface area contributed by atoms with Gasteiger partial charge in [-0.15, -0.1) is 11.3 Å². The van der Waals surface area contributed by atoms with Crippen LogP contribution in [-0.2, 0) is 9.59 Å². The molecular formula is C22H22N2O3S. The molecule has 2 aromatic rings. The van der Waals surface area contributed by atoms with Gasteiger partial charge in [0, 0.05) is 33.8 Å². The maximum absolute atomic E-state index is 13.3. The van der Waals surface area contributed by atoms with Gasteiger partial charge in [0.05, 0.1) is 18.7 Å². The van der Waals surface area contributed by atoms with Crippen LogP contribution in [0.5, 0.6) is 5.75 Å². The van der Waals surface area contributed by atoms with Crippen LogP contribution in [0.1, 0.15) is 37.0 Å². The summed E-state index contributed by atoms with van der Waals surface area (Å²) in [4.78, 5) is 27.1. The summed E-state index contributed by atoms with van der Waals surface area (Å²) in [6.45, 7) is 1.90. The third-order valence-corrected chi connectivity index (χ3v) is 6.14. The molecule has 0 spiro atoms. The van der Waals surface area contributed by atoms with Crippen LogP contribution in [0, 0.1) is 0 Å². The van der Waals surface area contributed by atoms with E-state index in [-0.39, 0.29) is 17.6 Å². The van der Waals surface area contributed by atoms with Crippen molar-refractivity contribution in [3.05, 3.63) is 69.2 Å². The first kappa shape index (κ1) is 18.5. The van der Waals surface area contributed by atoms with Gasteiger partial charge in [0.1, 0.15) is 5.75 Å². The fraction of sp³-hybridized carbons (Fsp3) is 0.273. The fourth-order valence-electron chi connectivity index (χ4n) is 3.96. The molecule has 0 saturated heterocycles. The van der Waals surface area contributed by atoms with Crippen molar-refractivity contribution in [2.75, 3.05) is 12.4 Å². The predicted octanol–water partition coefficient (Wildman–Crippen LogP) is 4.36. The van der Waals surface area contributed by atoms with Crippen LogP contribution in [0.25, 0.3) is 0 Å². The average Bonchev–Trinajstić information content (AvgIpc) is 3.22.